The maximum atomic E-state index is 12.1. The Balaban J connectivity index is 1.66. The van der Waals surface area contributed by atoms with Crippen LogP contribution in [-0.2, 0) is 6.54 Å². The van der Waals surface area contributed by atoms with Crippen LogP contribution < -0.4 is 10.1 Å². The van der Waals surface area contributed by atoms with Gasteiger partial charge in [0.15, 0.2) is 0 Å². The van der Waals surface area contributed by atoms with Crippen LogP contribution in [0.4, 0.5) is 0 Å². The molecule has 0 saturated heterocycles. The first-order valence-electron chi connectivity index (χ1n) is 7.47. The summed E-state index contributed by atoms with van der Waals surface area (Å²) in [5, 5.41) is 6.50. The minimum atomic E-state index is -0.389. The predicted molar refractivity (Wildman–Crippen MR) is 88.6 cm³/mol. The number of hydrogen-bond donors (Lipinski definition) is 1. The van der Waals surface area contributed by atoms with E-state index in [0.717, 1.165) is 22.4 Å². The lowest BCUT2D eigenvalue weighted by Gasteiger charge is -2.05. The Morgan fingerprint density at radius 1 is 1.21 bits per heavy atom. The van der Waals surface area contributed by atoms with E-state index in [1.165, 1.54) is 0 Å². The third kappa shape index (κ3) is 3.60. The van der Waals surface area contributed by atoms with Crippen molar-refractivity contribution in [3.05, 3.63) is 65.5 Å². The van der Waals surface area contributed by atoms with Crippen molar-refractivity contribution in [3.63, 3.8) is 0 Å². The van der Waals surface area contributed by atoms with E-state index in [1.54, 1.807) is 7.11 Å². The summed E-state index contributed by atoms with van der Waals surface area (Å²) in [5.74, 6) is 0.679. The molecule has 24 heavy (non-hydrogen) atoms. The second-order valence-corrected chi connectivity index (χ2v) is 5.32. The number of nitrogens with zero attached hydrogens (tertiary/aromatic N) is 2. The van der Waals surface area contributed by atoms with E-state index >= 15 is 0 Å². The third-order valence-corrected chi connectivity index (χ3v) is 3.51. The van der Waals surface area contributed by atoms with Gasteiger partial charge in [-0.25, -0.2) is 0 Å². The molecule has 122 valence electrons. The van der Waals surface area contributed by atoms with Gasteiger partial charge in [0.2, 0.25) is 0 Å². The monoisotopic (exact) mass is 323 g/mol. The molecule has 0 atom stereocenters. The molecule has 1 N–H and O–H groups in total. The number of benzene rings is 2. The molecule has 1 heterocycles. The van der Waals surface area contributed by atoms with E-state index in [2.05, 4.69) is 15.5 Å². The molecule has 3 rings (SSSR count). The molecule has 3 aromatic rings. The normalized spacial score (nSPS) is 10.4. The lowest BCUT2D eigenvalue weighted by atomic mass is 10.1. The van der Waals surface area contributed by atoms with Crippen LogP contribution in [-0.4, -0.2) is 23.2 Å². The third-order valence-electron chi connectivity index (χ3n) is 3.51. The van der Waals surface area contributed by atoms with E-state index < -0.39 is 0 Å². The molecule has 0 bridgehead atoms. The second-order valence-electron chi connectivity index (χ2n) is 5.32. The van der Waals surface area contributed by atoms with Crippen molar-refractivity contribution in [3.8, 4) is 17.2 Å². The molecular formula is C18H17N3O3. The van der Waals surface area contributed by atoms with Crippen LogP contribution in [0.15, 0.2) is 53.1 Å². The van der Waals surface area contributed by atoms with Crippen molar-refractivity contribution in [1.82, 2.24) is 15.5 Å². The minimum Gasteiger partial charge on any atom is -0.497 e. The summed E-state index contributed by atoms with van der Waals surface area (Å²) in [5.41, 5.74) is 2.83. The number of methoxy groups -OCH3 is 1. The van der Waals surface area contributed by atoms with Gasteiger partial charge in [-0.2, -0.15) is 4.98 Å². The SMILES string of the molecule is COc1cccc(CNC(=O)c2noc(-c3ccc(C)cc3)n2)c1. The fraction of sp³-hybridized carbons (Fsp3) is 0.167. The van der Waals surface area contributed by atoms with Crippen molar-refractivity contribution >= 4 is 5.91 Å². The number of aryl methyl sites for hydroxylation is 1. The number of amides is 1. The molecule has 0 fully saturated rings. The fourth-order valence-electron chi connectivity index (χ4n) is 2.17. The molecule has 1 amide bonds. The number of aromatic nitrogens is 2. The summed E-state index contributed by atoms with van der Waals surface area (Å²) in [6, 6.07) is 15.1. The van der Waals surface area contributed by atoms with Crippen LogP contribution in [0, 0.1) is 6.92 Å². The van der Waals surface area contributed by atoms with E-state index in [1.807, 2.05) is 55.5 Å². The van der Waals surface area contributed by atoms with Gasteiger partial charge >= 0.3 is 0 Å². The van der Waals surface area contributed by atoms with Gasteiger partial charge in [0.25, 0.3) is 17.6 Å². The Kier molecular flexibility index (Phi) is 4.56. The number of nitrogens with one attached hydrogen (secondary N) is 1. The van der Waals surface area contributed by atoms with Gasteiger partial charge in [0.05, 0.1) is 7.11 Å². The van der Waals surface area contributed by atoms with Crippen molar-refractivity contribution in [2.75, 3.05) is 7.11 Å². The van der Waals surface area contributed by atoms with Crippen LogP contribution in [0.1, 0.15) is 21.7 Å². The van der Waals surface area contributed by atoms with E-state index in [4.69, 9.17) is 9.26 Å². The molecule has 0 spiro atoms. The number of ether oxygens (including phenoxy) is 1. The molecule has 6 heteroatoms. The number of carbonyl (C=O) groups excluding carboxylic acids is 1. The smallest absolute Gasteiger partial charge is 0.292 e. The summed E-state index contributed by atoms with van der Waals surface area (Å²) in [7, 11) is 1.60. The topological polar surface area (TPSA) is 77.2 Å². The summed E-state index contributed by atoms with van der Waals surface area (Å²) in [6.45, 7) is 2.35. The molecule has 0 unspecified atom stereocenters. The molecule has 0 radical (unpaired) electrons. The molecule has 0 aliphatic carbocycles. The maximum Gasteiger partial charge on any atom is 0.292 e. The van der Waals surface area contributed by atoms with Crippen molar-refractivity contribution < 1.29 is 14.1 Å². The van der Waals surface area contributed by atoms with Crippen molar-refractivity contribution in [2.24, 2.45) is 0 Å². The standard InChI is InChI=1S/C18H17N3O3/c1-12-6-8-14(9-7-12)18-20-16(21-24-18)17(22)19-11-13-4-3-5-15(10-13)23-2/h3-10H,11H2,1-2H3,(H,19,22). The lowest BCUT2D eigenvalue weighted by molar-refractivity contribution is 0.0937. The summed E-state index contributed by atoms with van der Waals surface area (Å²) in [4.78, 5) is 16.3. The quantitative estimate of drug-likeness (QED) is 0.781. The number of carbonyl (C=O) groups is 1. The zero-order valence-corrected chi connectivity index (χ0v) is 13.4. The number of rotatable bonds is 5. The lowest BCUT2D eigenvalue weighted by Crippen LogP contribution is -2.23. The summed E-state index contributed by atoms with van der Waals surface area (Å²) < 4.78 is 10.3. The van der Waals surface area contributed by atoms with Gasteiger partial charge in [-0.05, 0) is 36.8 Å². The van der Waals surface area contributed by atoms with Crippen LogP contribution in [0.3, 0.4) is 0 Å². The second kappa shape index (κ2) is 6.95. The van der Waals surface area contributed by atoms with E-state index in [0.29, 0.717) is 12.4 Å². The van der Waals surface area contributed by atoms with Gasteiger partial charge in [-0.15, -0.1) is 0 Å². The van der Waals surface area contributed by atoms with Crippen LogP contribution in [0.5, 0.6) is 5.75 Å². The van der Waals surface area contributed by atoms with Gasteiger partial charge in [-0.3, -0.25) is 4.79 Å². The van der Waals surface area contributed by atoms with Crippen LogP contribution >= 0.6 is 0 Å². The zero-order valence-electron chi connectivity index (χ0n) is 13.4. The highest BCUT2D eigenvalue weighted by atomic mass is 16.5. The van der Waals surface area contributed by atoms with E-state index in [9.17, 15) is 4.79 Å². The highest BCUT2D eigenvalue weighted by Gasteiger charge is 2.15. The Morgan fingerprint density at radius 3 is 2.75 bits per heavy atom. The Hall–Kier alpha value is -3.15. The predicted octanol–water partition coefficient (Wildman–Crippen LogP) is 2.98. The molecular weight excluding hydrogens is 306 g/mol. The van der Waals surface area contributed by atoms with Gasteiger partial charge in [-0.1, -0.05) is 35.0 Å². The average molecular weight is 323 g/mol. The van der Waals surface area contributed by atoms with Gasteiger partial charge in [0, 0.05) is 12.1 Å². The highest BCUT2D eigenvalue weighted by Crippen LogP contribution is 2.17. The summed E-state index contributed by atoms with van der Waals surface area (Å²) >= 11 is 0. The Bertz CT molecular complexity index is 841. The van der Waals surface area contributed by atoms with Gasteiger partial charge in [0.1, 0.15) is 5.75 Å². The molecule has 0 saturated carbocycles. The highest BCUT2D eigenvalue weighted by molar-refractivity contribution is 5.90. The Morgan fingerprint density at radius 2 is 2.00 bits per heavy atom. The first-order chi connectivity index (χ1) is 11.7. The van der Waals surface area contributed by atoms with E-state index in [-0.39, 0.29) is 11.7 Å². The van der Waals surface area contributed by atoms with Crippen molar-refractivity contribution in [2.45, 2.75) is 13.5 Å². The van der Waals surface area contributed by atoms with Crippen LogP contribution in [0.2, 0.25) is 0 Å². The van der Waals surface area contributed by atoms with Gasteiger partial charge < -0.3 is 14.6 Å². The molecule has 0 aliphatic rings. The summed E-state index contributed by atoms with van der Waals surface area (Å²) in [6.07, 6.45) is 0. The minimum absolute atomic E-state index is 0.00784. The fourth-order valence-corrected chi connectivity index (χ4v) is 2.17. The first-order valence-corrected chi connectivity index (χ1v) is 7.47. The molecule has 1 aromatic heterocycles. The Labute approximate surface area is 139 Å². The number of hydrogen-bond acceptors (Lipinski definition) is 5. The molecule has 0 aliphatic heterocycles. The largest absolute Gasteiger partial charge is 0.497 e. The maximum absolute atomic E-state index is 12.1. The molecule has 2 aromatic carbocycles. The molecule has 6 nitrogen and oxygen atoms in total. The van der Waals surface area contributed by atoms with Crippen molar-refractivity contribution in [1.29, 1.82) is 0 Å². The van der Waals surface area contributed by atoms with Crippen LogP contribution in [0.25, 0.3) is 11.5 Å². The first kappa shape index (κ1) is 15.7. The zero-order chi connectivity index (χ0) is 16.9. The average Bonchev–Trinajstić information content (AvgIpc) is 3.10.